The lowest BCUT2D eigenvalue weighted by molar-refractivity contribution is 0.0472. The Kier molecular flexibility index (Phi) is 5.16. The van der Waals surface area contributed by atoms with Crippen molar-refractivity contribution in [1.82, 2.24) is 0 Å². The van der Waals surface area contributed by atoms with E-state index >= 15 is 0 Å². The normalized spacial score (nSPS) is 11.3. The summed E-state index contributed by atoms with van der Waals surface area (Å²) in [5.74, 6) is -0.329. The number of carbonyl (C=O) groups is 1. The molecule has 1 aromatic rings. The molecule has 4 N–H and O–H groups in total. The zero-order chi connectivity index (χ0) is 13.6. The average Bonchev–Trinajstić information content (AvgIpc) is 2.39. The van der Waals surface area contributed by atoms with E-state index in [1.54, 1.807) is 24.3 Å². The van der Waals surface area contributed by atoms with E-state index in [0.29, 0.717) is 24.3 Å². The lowest BCUT2D eigenvalue weighted by atomic mass is 9.91. The highest BCUT2D eigenvalue weighted by atomic mass is 16.5. The smallest absolute Gasteiger partial charge is 0.338 e. The number of carbonyl (C=O) groups excluding carboxylic acids is 1. The Morgan fingerprint density at radius 2 is 1.78 bits per heavy atom. The number of nitrogen functional groups attached to an aromatic ring is 1. The maximum absolute atomic E-state index is 11.7. The average molecular weight is 250 g/mol. The molecule has 0 heterocycles. The highest BCUT2D eigenvalue weighted by molar-refractivity contribution is 5.89. The summed E-state index contributed by atoms with van der Waals surface area (Å²) in [6.07, 6.45) is 2.44. The highest BCUT2D eigenvalue weighted by Gasteiger charge is 2.20. The van der Waals surface area contributed by atoms with Crippen LogP contribution in [0.2, 0.25) is 0 Å². The van der Waals surface area contributed by atoms with Crippen LogP contribution in [0.15, 0.2) is 24.3 Å². The second kappa shape index (κ2) is 6.40. The molecule has 0 amide bonds. The Bertz CT molecular complexity index is 383. The van der Waals surface area contributed by atoms with Gasteiger partial charge in [-0.15, -0.1) is 0 Å². The highest BCUT2D eigenvalue weighted by Crippen LogP contribution is 2.16. The van der Waals surface area contributed by atoms with Crippen molar-refractivity contribution in [2.45, 2.75) is 38.6 Å². The molecule has 1 aromatic carbocycles. The number of hydrogen-bond acceptors (Lipinski definition) is 4. The first kappa shape index (κ1) is 14.5. The molecule has 0 unspecified atom stereocenters. The van der Waals surface area contributed by atoms with Crippen LogP contribution in [0.25, 0.3) is 0 Å². The molecule has 0 aliphatic carbocycles. The van der Waals surface area contributed by atoms with Gasteiger partial charge in [0.05, 0.1) is 12.2 Å². The number of anilines is 1. The quantitative estimate of drug-likeness (QED) is 0.600. The number of benzene rings is 1. The first-order valence-electron chi connectivity index (χ1n) is 6.32. The van der Waals surface area contributed by atoms with Crippen molar-refractivity contribution in [3.8, 4) is 0 Å². The van der Waals surface area contributed by atoms with Gasteiger partial charge in [0.15, 0.2) is 0 Å². The first-order valence-corrected chi connectivity index (χ1v) is 6.32. The molecule has 0 fully saturated rings. The number of nitrogens with two attached hydrogens (primary N) is 2. The number of esters is 1. The van der Waals surface area contributed by atoms with Crippen molar-refractivity contribution in [3.05, 3.63) is 29.8 Å². The van der Waals surface area contributed by atoms with E-state index in [1.165, 1.54) is 0 Å². The van der Waals surface area contributed by atoms with Crippen molar-refractivity contribution in [1.29, 1.82) is 0 Å². The molecule has 0 spiro atoms. The number of ether oxygens (including phenoxy) is 1. The Morgan fingerprint density at radius 1 is 1.22 bits per heavy atom. The summed E-state index contributed by atoms with van der Waals surface area (Å²) >= 11 is 0. The minimum atomic E-state index is -0.329. The van der Waals surface area contributed by atoms with Gasteiger partial charge in [-0.05, 0) is 43.5 Å². The van der Waals surface area contributed by atoms with Crippen LogP contribution in [0.3, 0.4) is 0 Å². The molecule has 0 aliphatic heterocycles. The standard InChI is InChI=1S/C14H22N2O2/c1-3-14(16,4-2)9-10-18-13(17)11-5-7-12(15)8-6-11/h5-8H,3-4,9-10,15-16H2,1-2H3. The van der Waals surface area contributed by atoms with Crippen LogP contribution in [0, 0.1) is 0 Å². The van der Waals surface area contributed by atoms with Crippen LogP contribution in [0.5, 0.6) is 0 Å². The molecule has 4 nitrogen and oxygen atoms in total. The molecular formula is C14H22N2O2. The van der Waals surface area contributed by atoms with Crippen molar-refractivity contribution in [3.63, 3.8) is 0 Å². The largest absolute Gasteiger partial charge is 0.462 e. The summed E-state index contributed by atoms with van der Waals surface area (Å²) in [5, 5.41) is 0. The third-order valence-corrected chi connectivity index (χ3v) is 3.39. The third-order valence-electron chi connectivity index (χ3n) is 3.39. The van der Waals surface area contributed by atoms with Crippen LogP contribution in [0.4, 0.5) is 5.69 Å². The van der Waals surface area contributed by atoms with Crippen molar-refractivity contribution in [2.75, 3.05) is 12.3 Å². The molecule has 0 saturated carbocycles. The van der Waals surface area contributed by atoms with Gasteiger partial charge >= 0.3 is 5.97 Å². The summed E-state index contributed by atoms with van der Waals surface area (Å²) in [7, 11) is 0. The summed E-state index contributed by atoms with van der Waals surface area (Å²) in [4.78, 5) is 11.7. The minimum Gasteiger partial charge on any atom is -0.462 e. The molecule has 0 aliphatic rings. The van der Waals surface area contributed by atoms with Gasteiger partial charge in [0.2, 0.25) is 0 Å². The Balaban J connectivity index is 2.44. The van der Waals surface area contributed by atoms with E-state index in [0.717, 1.165) is 12.8 Å². The van der Waals surface area contributed by atoms with Crippen LogP contribution in [0.1, 0.15) is 43.5 Å². The number of rotatable bonds is 6. The monoisotopic (exact) mass is 250 g/mol. The minimum absolute atomic E-state index is 0.235. The second-order valence-electron chi connectivity index (χ2n) is 4.58. The predicted molar refractivity (Wildman–Crippen MR) is 73.3 cm³/mol. The van der Waals surface area contributed by atoms with Gasteiger partial charge in [-0.25, -0.2) is 4.79 Å². The van der Waals surface area contributed by atoms with E-state index in [1.807, 2.05) is 13.8 Å². The zero-order valence-electron chi connectivity index (χ0n) is 11.1. The predicted octanol–water partition coefficient (Wildman–Crippen LogP) is 2.33. The van der Waals surface area contributed by atoms with Gasteiger partial charge in [-0.1, -0.05) is 13.8 Å². The van der Waals surface area contributed by atoms with Crippen LogP contribution < -0.4 is 11.5 Å². The summed E-state index contributed by atoms with van der Waals surface area (Å²) in [6, 6.07) is 6.68. The van der Waals surface area contributed by atoms with E-state index < -0.39 is 0 Å². The summed E-state index contributed by atoms with van der Waals surface area (Å²) in [5.41, 5.74) is 12.6. The summed E-state index contributed by atoms with van der Waals surface area (Å²) in [6.45, 7) is 4.44. The molecule has 0 bridgehead atoms. The van der Waals surface area contributed by atoms with Gasteiger partial charge in [0.25, 0.3) is 0 Å². The SMILES string of the molecule is CCC(N)(CC)CCOC(=O)c1ccc(N)cc1. The maximum atomic E-state index is 11.7. The van der Waals surface area contributed by atoms with Crippen molar-refractivity contribution in [2.24, 2.45) is 5.73 Å². The van der Waals surface area contributed by atoms with Crippen LogP contribution in [-0.2, 0) is 4.74 Å². The first-order chi connectivity index (χ1) is 8.50. The van der Waals surface area contributed by atoms with E-state index in [9.17, 15) is 4.79 Å². The van der Waals surface area contributed by atoms with Gasteiger partial charge < -0.3 is 16.2 Å². The fourth-order valence-electron chi connectivity index (χ4n) is 1.65. The molecule has 100 valence electrons. The second-order valence-corrected chi connectivity index (χ2v) is 4.58. The number of hydrogen-bond donors (Lipinski definition) is 2. The molecule has 0 atom stereocenters. The van der Waals surface area contributed by atoms with Gasteiger partial charge in [0, 0.05) is 11.2 Å². The van der Waals surface area contributed by atoms with E-state index in [-0.39, 0.29) is 11.5 Å². The topological polar surface area (TPSA) is 78.3 Å². The molecule has 18 heavy (non-hydrogen) atoms. The van der Waals surface area contributed by atoms with Crippen molar-refractivity contribution >= 4 is 11.7 Å². The molecule has 1 rings (SSSR count). The van der Waals surface area contributed by atoms with E-state index in [4.69, 9.17) is 16.2 Å². The fourth-order valence-corrected chi connectivity index (χ4v) is 1.65. The van der Waals surface area contributed by atoms with Gasteiger partial charge in [-0.2, -0.15) is 0 Å². The zero-order valence-corrected chi connectivity index (χ0v) is 11.1. The maximum Gasteiger partial charge on any atom is 0.338 e. The lowest BCUT2D eigenvalue weighted by Crippen LogP contribution is -2.39. The van der Waals surface area contributed by atoms with E-state index in [2.05, 4.69) is 0 Å². The Morgan fingerprint density at radius 3 is 2.28 bits per heavy atom. The third kappa shape index (κ3) is 4.04. The van der Waals surface area contributed by atoms with Crippen LogP contribution >= 0.6 is 0 Å². The molecule has 4 heteroatoms. The Labute approximate surface area is 108 Å². The molecule has 0 aromatic heterocycles. The van der Waals surface area contributed by atoms with Crippen molar-refractivity contribution < 1.29 is 9.53 Å². The van der Waals surface area contributed by atoms with Crippen LogP contribution in [-0.4, -0.2) is 18.1 Å². The van der Waals surface area contributed by atoms with Gasteiger partial charge in [0.1, 0.15) is 0 Å². The fraction of sp³-hybridized carbons (Fsp3) is 0.500. The van der Waals surface area contributed by atoms with Gasteiger partial charge in [-0.3, -0.25) is 0 Å². The lowest BCUT2D eigenvalue weighted by Gasteiger charge is -2.26. The Hall–Kier alpha value is -1.55. The molecule has 0 saturated heterocycles. The summed E-state index contributed by atoms with van der Waals surface area (Å²) < 4.78 is 5.21. The molecule has 0 radical (unpaired) electrons. The molecular weight excluding hydrogens is 228 g/mol.